The number of rotatable bonds is 8. The number of methoxy groups -OCH3 is 1. The molecule has 0 aliphatic rings. The number of esters is 1. The summed E-state index contributed by atoms with van der Waals surface area (Å²) in [6.07, 6.45) is 3.99. The van der Waals surface area contributed by atoms with Gasteiger partial charge in [0, 0.05) is 25.0 Å². The second kappa shape index (κ2) is 8.82. The van der Waals surface area contributed by atoms with Gasteiger partial charge in [-0.3, -0.25) is 20.2 Å². The Labute approximate surface area is 170 Å². The maximum atomic E-state index is 12.1. The lowest BCUT2D eigenvalue weighted by Crippen LogP contribution is -2.13. The molecule has 0 atom stereocenters. The number of carbonyl (C=O) groups is 1. The lowest BCUT2D eigenvalue weighted by molar-refractivity contribution is -0.393. The first kappa shape index (κ1) is 20.5. The van der Waals surface area contributed by atoms with Crippen molar-refractivity contribution in [3.8, 4) is 5.69 Å². The number of hydrogen-bond acceptors (Lipinski definition) is 8. The number of nitro groups is 2. The fourth-order valence-corrected chi connectivity index (χ4v) is 2.89. The third-order valence-electron chi connectivity index (χ3n) is 4.34. The molecule has 30 heavy (non-hydrogen) atoms. The fourth-order valence-electron chi connectivity index (χ4n) is 2.89. The van der Waals surface area contributed by atoms with Crippen LogP contribution in [0, 0.1) is 20.2 Å². The van der Waals surface area contributed by atoms with Crippen molar-refractivity contribution >= 4 is 23.0 Å². The van der Waals surface area contributed by atoms with Gasteiger partial charge in [0.25, 0.3) is 11.4 Å². The van der Waals surface area contributed by atoms with Gasteiger partial charge in [0.15, 0.2) is 0 Å². The Morgan fingerprint density at radius 2 is 1.90 bits per heavy atom. The van der Waals surface area contributed by atoms with Gasteiger partial charge in [0.1, 0.15) is 5.69 Å². The predicted octanol–water partition coefficient (Wildman–Crippen LogP) is 3.13. The molecule has 11 nitrogen and oxygen atoms in total. The molecule has 3 aromatic rings. The highest BCUT2D eigenvalue weighted by atomic mass is 16.6. The SMILES string of the molecule is COC(=O)c1cc([N+](=O)[O-])cc([N+](=O)[O-])c1NCCc1ccc(-n2cccn2)cc1. The van der Waals surface area contributed by atoms with E-state index in [1.165, 1.54) is 0 Å². The van der Waals surface area contributed by atoms with Crippen molar-refractivity contribution in [2.45, 2.75) is 6.42 Å². The van der Waals surface area contributed by atoms with Gasteiger partial charge in [-0.05, 0) is 30.2 Å². The van der Waals surface area contributed by atoms with Gasteiger partial charge in [0.05, 0.1) is 34.3 Å². The predicted molar refractivity (Wildman–Crippen MR) is 107 cm³/mol. The van der Waals surface area contributed by atoms with Crippen LogP contribution in [-0.4, -0.2) is 39.3 Å². The summed E-state index contributed by atoms with van der Waals surface area (Å²) in [6.45, 7) is 0.254. The van der Waals surface area contributed by atoms with Gasteiger partial charge >= 0.3 is 5.97 Å². The van der Waals surface area contributed by atoms with Crippen molar-refractivity contribution in [1.29, 1.82) is 0 Å². The molecule has 154 valence electrons. The number of anilines is 1. The Kier molecular flexibility index (Phi) is 6.01. The van der Waals surface area contributed by atoms with Crippen molar-refractivity contribution in [2.24, 2.45) is 0 Å². The van der Waals surface area contributed by atoms with Crippen LogP contribution in [0.1, 0.15) is 15.9 Å². The highest BCUT2D eigenvalue weighted by molar-refractivity contribution is 5.99. The molecular weight excluding hydrogens is 394 g/mol. The minimum atomic E-state index is -0.909. The van der Waals surface area contributed by atoms with Gasteiger partial charge < -0.3 is 10.1 Å². The molecule has 0 aliphatic heterocycles. The highest BCUT2D eigenvalue weighted by Crippen LogP contribution is 2.34. The van der Waals surface area contributed by atoms with Crippen LogP contribution in [0.25, 0.3) is 5.69 Å². The quantitative estimate of drug-likeness (QED) is 0.338. The fraction of sp³-hybridized carbons (Fsp3) is 0.158. The van der Waals surface area contributed by atoms with Crippen LogP contribution in [0.2, 0.25) is 0 Å². The number of non-ortho nitro benzene ring substituents is 1. The van der Waals surface area contributed by atoms with Crippen molar-refractivity contribution in [3.05, 3.63) is 86.2 Å². The first-order chi connectivity index (χ1) is 14.4. The number of ether oxygens (including phenoxy) is 1. The Balaban J connectivity index is 1.80. The lowest BCUT2D eigenvalue weighted by Gasteiger charge is -2.12. The van der Waals surface area contributed by atoms with Crippen molar-refractivity contribution in [1.82, 2.24) is 9.78 Å². The van der Waals surface area contributed by atoms with Gasteiger partial charge in [-0.25, -0.2) is 9.48 Å². The number of nitro benzene ring substituents is 2. The van der Waals surface area contributed by atoms with E-state index in [1.807, 2.05) is 36.5 Å². The summed E-state index contributed by atoms with van der Waals surface area (Å²) >= 11 is 0. The molecule has 0 amide bonds. The zero-order valence-electron chi connectivity index (χ0n) is 15.8. The molecule has 3 rings (SSSR count). The molecule has 2 aromatic carbocycles. The lowest BCUT2D eigenvalue weighted by atomic mass is 10.1. The van der Waals surface area contributed by atoms with E-state index < -0.39 is 27.2 Å². The number of nitrogens with zero attached hydrogens (tertiary/aromatic N) is 4. The van der Waals surface area contributed by atoms with E-state index in [4.69, 9.17) is 0 Å². The Morgan fingerprint density at radius 3 is 2.47 bits per heavy atom. The first-order valence-corrected chi connectivity index (χ1v) is 8.78. The summed E-state index contributed by atoms with van der Waals surface area (Å²) in [5, 5.41) is 29.5. The van der Waals surface area contributed by atoms with Crippen molar-refractivity contribution in [3.63, 3.8) is 0 Å². The highest BCUT2D eigenvalue weighted by Gasteiger charge is 2.27. The zero-order valence-corrected chi connectivity index (χ0v) is 15.8. The normalized spacial score (nSPS) is 10.4. The van der Waals surface area contributed by atoms with Crippen LogP contribution < -0.4 is 5.32 Å². The van der Waals surface area contributed by atoms with Gasteiger partial charge in [-0.2, -0.15) is 5.10 Å². The van der Waals surface area contributed by atoms with Crippen molar-refractivity contribution < 1.29 is 19.4 Å². The summed E-state index contributed by atoms with van der Waals surface area (Å²) in [5.74, 6) is -0.909. The average molecular weight is 411 g/mol. The summed E-state index contributed by atoms with van der Waals surface area (Å²) < 4.78 is 6.34. The Morgan fingerprint density at radius 1 is 1.17 bits per heavy atom. The second-order valence-corrected chi connectivity index (χ2v) is 6.19. The molecule has 0 bridgehead atoms. The van der Waals surface area contributed by atoms with Crippen LogP contribution >= 0.6 is 0 Å². The molecule has 0 unspecified atom stereocenters. The molecule has 0 fully saturated rings. The Hall–Kier alpha value is -4.28. The summed E-state index contributed by atoms with van der Waals surface area (Å²) in [4.78, 5) is 33.0. The molecule has 11 heteroatoms. The number of nitrogens with one attached hydrogen (secondary N) is 1. The van der Waals surface area contributed by atoms with E-state index >= 15 is 0 Å². The average Bonchev–Trinajstić information content (AvgIpc) is 3.28. The molecule has 0 saturated heterocycles. The number of hydrogen-bond donors (Lipinski definition) is 1. The zero-order chi connectivity index (χ0) is 21.7. The van der Waals surface area contributed by atoms with E-state index in [2.05, 4.69) is 15.2 Å². The smallest absolute Gasteiger partial charge is 0.340 e. The number of benzene rings is 2. The molecule has 0 radical (unpaired) electrons. The van der Waals surface area contributed by atoms with E-state index in [1.54, 1.807) is 10.9 Å². The molecule has 1 heterocycles. The third-order valence-corrected chi connectivity index (χ3v) is 4.34. The molecule has 1 N–H and O–H groups in total. The molecule has 0 saturated carbocycles. The minimum absolute atomic E-state index is 0.120. The van der Waals surface area contributed by atoms with Crippen molar-refractivity contribution in [2.75, 3.05) is 19.0 Å². The first-order valence-electron chi connectivity index (χ1n) is 8.78. The topological polar surface area (TPSA) is 142 Å². The number of aromatic nitrogens is 2. The standard InChI is InChI=1S/C19H17N5O6/c1-30-19(25)16-11-15(23(26)27)12-17(24(28)29)18(16)20-9-7-13-3-5-14(6-4-13)22-10-2-8-21-22/h2-6,8,10-12,20H,7,9H2,1H3. The maximum absolute atomic E-state index is 12.1. The largest absolute Gasteiger partial charge is 0.465 e. The van der Waals surface area contributed by atoms with Gasteiger partial charge in [-0.15, -0.1) is 0 Å². The van der Waals surface area contributed by atoms with E-state index in [0.717, 1.165) is 30.5 Å². The summed E-state index contributed by atoms with van der Waals surface area (Å²) in [7, 11) is 1.10. The molecular formula is C19H17N5O6. The number of carbonyl (C=O) groups excluding carboxylic acids is 1. The second-order valence-electron chi connectivity index (χ2n) is 6.19. The van der Waals surface area contributed by atoms with Crippen LogP contribution in [0.3, 0.4) is 0 Å². The monoisotopic (exact) mass is 411 g/mol. The van der Waals surface area contributed by atoms with Crippen LogP contribution in [0.15, 0.2) is 54.9 Å². The minimum Gasteiger partial charge on any atom is -0.465 e. The summed E-state index contributed by atoms with van der Waals surface area (Å²) in [6, 6.07) is 11.1. The molecule has 1 aromatic heterocycles. The third kappa shape index (κ3) is 4.41. The maximum Gasteiger partial charge on any atom is 0.340 e. The molecule has 0 aliphatic carbocycles. The van der Waals surface area contributed by atoms with E-state index in [9.17, 15) is 25.0 Å². The van der Waals surface area contributed by atoms with Gasteiger partial charge in [-0.1, -0.05) is 12.1 Å². The van der Waals surface area contributed by atoms with Crippen LogP contribution in [0.4, 0.5) is 17.1 Å². The van der Waals surface area contributed by atoms with Crippen LogP contribution in [-0.2, 0) is 11.2 Å². The van der Waals surface area contributed by atoms with Crippen LogP contribution in [0.5, 0.6) is 0 Å². The summed E-state index contributed by atoms with van der Waals surface area (Å²) in [5.41, 5.74) is 0.303. The Bertz CT molecular complexity index is 1080. The molecule has 0 spiro atoms. The van der Waals surface area contributed by atoms with E-state index in [0.29, 0.717) is 6.42 Å². The van der Waals surface area contributed by atoms with E-state index in [-0.39, 0.29) is 17.8 Å². The van der Waals surface area contributed by atoms with Gasteiger partial charge in [0.2, 0.25) is 0 Å².